The topological polar surface area (TPSA) is 61.4 Å². The van der Waals surface area contributed by atoms with Crippen LogP contribution in [0.2, 0.25) is 0 Å². The van der Waals surface area contributed by atoms with Gasteiger partial charge in [-0.3, -0.25) is 4.79 Å². The molecule has 1 amide bonds. The summed E-state index contributed by atoms with van der Waals surface area (Å²) in [5.74, 6) is -0.00436. The molecule has 0 aliphatic carbocycles. The molecular formula is C13H18N2O2. The van der Waals surface area contributed by atoms with Gasteiger partial charge in [0.05, 0.1) is 0 Å². The highest BCUT2D eigenvalue weighted by atomic mass is 16.3. The second-order valence-corrected chi connectivity index (χ2v) is 4.61. The lowest BCUT2D eigenvalue weighted by atomic mass is 10.0. The van der Waals surface area contributed by atoms with Crippen molar-refractivity contribution >= 4 is 5.91 Å². The Labute approximate surface area is 101 Å². The molecule has 4 nitrogen and oxygen atoms in total. The third kappa shape index (κ3) is 3.20. The minimum atomic E-state index is -0.123. The van der Waals surface area contributed by atoms with E-state index in [-0.39, 0.29) is 17.7 Å². The van der Waals surface area contributed by atoms with Gasteiger partial charge in [-0.05, 0) is 38.0 Å². The molecule has 0 aromatic heterocycles. The van der Waals surface area contributed by atoms with Crippen LogP contribution in [0.4, 0.5) is 0 Å². The maximum absolute atomic E-state index is 11.9. The molecule has 2 rings (SSSR count). The number of carbonyl (C=O) groups is 1. The lowest BCUT2D eigenvalue weighted by Crippen LogP contribution is -2.48. The average Bonchev–Trinajstić information content (AvgIpc) is 2.32. The zero-order valence-corrected chi connectivity index (χ0v) is 9.94. The molecule has 1 aliphatic rings. The van der Waals surface area contributed by atoms with Gasteiger partial charge in [0.25, 0.3) is 5.91 Å². The van der Waals surface area contributed by atoms with E-state index >= 15 is 0 Å². The summed E-state index contributed by atoms with van der Waals surface area (Å²) in [5, 5.41) is 15.6. The summed E-state index contributed by atoms with van der Waals surface area (Å²) in [4.78, 5) is 11.9. The van der Waals surface area contributed by atoms with Gasteiger partial charge in [-0.15, -0.1) is 0 Å². The fraction of sp³-hybridized carbons (Fsp3) is 0.462. The number of amides is 1. The molecule has 1 aliphatic heterocycles. The molecule has 4 heteroatoms. The predicted molar refractivity (Wildman–Crippen MR) is 66.1 cm³/mol. The van der Waals surface area contributed by atoms with Crippen molar-refractivity contribution in [1.29, 1.82) is 0 Å². The number of carbonyl (C=O) groups excluding carboxylic acids is 1. The SMILES string of the molecule is CC1CCC(NC(=O)c2cccc(O)c2)CN1. The average molecular weight is 234 g/mol. The maximum atomic E-state index is 11.9. The summed E-state index contributed by atoms with van der Waals surface area (Å²) >= 11 is 0. The Kier molecular flexibility index (Phi) is 3.64. The second kappa shape index (κ2) is 5.19. The second-order valence-electron chi connectivity index (χ2n) is 4.61. The molecule has 0 bridgehead atoms. The molecule has 0 radical (unpaired) electrons. The fourth-order valence-electron chi connectivity index (χ4n) is 2.04. The first-order valence-corrected chi connectivity index (χ1v) is 5.98. The molecule has 2 unspecified atom stereocenters. The Balaban J connectivity index is 1.93. The molecule has 1 heterocycles. The Morgan fingerprint density at radius 3 is 2.94 bits per heavy atom. The molecule has 1 aromatic carbocycles. The lowest BCUT2D eigenvalue weighted by Gasteiger charge is -2.28. The number of nitrogens with one attached hydrogen (secondary N) is 2. The molecule has 2 atom stereocenters. The Morgan fingerprint density at radius 2 is 2.29 bits per heavy atom. The van der Waals surface area contributed by atoms with E-state index in [1.165, 1.54) is 6.07 Å². The van der Waals surface area contributed by atoms with Crippen LogP contribution in [0.1, 0.15) is 30.1 Å². The van der Waals surface area contributed by atoms with Gasteiger partial charge < -0.3 is 15.7 Å². The smallest absolute Gasteiger partial charge is 0.251 e. The van der Waals surface area contributed by atoms with Crippen LogP contribution in [0.3, 0.4) is 0 Å². The van der Waals surface area contributed by atoms with Crippen LogP contribution in [0.15, 0.2) is 24.3 Å². The predicted octanol–water partition coefficient (Wildman–Crippen LogP) is 1.26. The summed E-state index contributed by atoms with van der Waals surface area (Å²) < 4.78 is 0. The minimum Gasteiger partial charge on any atom is -0.508 e. The van der Waals surface area contributed by atoms with Crippen molar-refractivity contribution in [3.8, 4) is 5.75 Å². The maximum Gasteiger partial charge on any atom is 0.251 e. The van der Waals surface area contributed by atoms with Crippen LogP contribution in [-0.4, -0.2) is 29.6 Å². The van der Waals surface area contributed by atoms with Crippen LogP contribution >= 0.6 is 0 Å². The van der Waals surface area contributed by atoms with Gasteiger partial charge >= 0.3 is 0 Å². The molecular weight excluding hydrogens is 216 g/mol. The third-order valence-electron chi connectivity index (χ3n) is 3.10. The van der Waals surface area contributed by atoms with Gasteiger partial charge in [-0.2, -0.15) is 0 Å². The monoisotopic (exact) mass is 234 g/mol. The van der Waals surface area contributed by atoms with Gasteiger partial charge in [0.15, 0.2) is 0 Å². The fourth-order valence-corrected chi connectivity index (χ4v) is 2.04. The molecule has 3 N–H and O–H groups in total. The van der Waals surface area contributed by atoms with Crippen molar-refractivity contribution in [2.24, 2.45) is 0 Å². The number of hydrogen-bond acceptors (Lipinski definition) is 3. The van der Waals surface area contributed by atoms with E-state index < -0.39 is 0 Å². The minimum absolute atomic E-state index is 0.119. The van der Waals surface area contributed by atoms with Crippen molar-refractivity contribution in [2.75, 3.05) is 6.54 Å². The standard InChI is InChI=1S/C13H18N2O2/c1-9-5-6-11(8-14-9)15-13(17)10-3-2-4-12(16)7-10/h2-4,7,9,11,14,16H,5-6,8H2,1H3,(H,15,17). The molecule has 17 heavy (non-hydrogen) atoms. The number of aromatic hydroxyl groups is 1. The van der Waals surface area contributed by atoms with Crippen molar-refractivity contribution < 1.29 is 9.90 Å². The van der Waals surface area contributed by atoms with E-state index in [1.54, 1.807) is 18.2 Å². The zero-order valence-electron chi connectivity index (χ0n) is 9.94. The number of phenolic OH excluding ortho intramolecular Hbond substituents is 1. The number of phenols is 1. The first-order valence-electron chi connectivity index (χ1n) is 5.98. The first kappa shape index (κ1) is 11.9. The van der Waals surface area contributed by atoms with Crippen molar-refractivity contribution in [1.82, 2.24) is 10.6 Å². The van der Waals surface area contributed by atoms with E-state index in [2.05, 4.69) is 17.6 Å². The molecule has 0 spiro atoms. The van der Waals surface area contributed by atoms with Crippen molar-refractivity contribution in [2.45, 2.75) is 31.8 Å². The van der Waals surface area contributed by atoms with E-state index in [0.717, 1.165) is 19.4 Å². The van der Waals surface area contributed by atoms with Crippen LogP contribution in [0.25, 0.3) is 0 Å². The molecule has 1 saturated heterocycles. The number of hydrogen-bond donors (Lipinski definition) is 3. The highest BCUT2D eigenvalue weighted by molar-refractivity contribution is 5.94. The quantitative estimate of drug-likeness (QED) is 0.722. The third-order valence-corrected chi connectivity index (χ3v) is 3.10. The normalized spacial score (nSPS) is 24.3. The Morgan fingerprint density at radius 1 is 1.47 bits per heavy atom. The van der Waals surface area contributed by atoms with Crippen LogP contribution in [0, 0.1) is 0 Å². The van der Waals surface area contributed by atoms with Gasteiger partial charge in [-0.1, -0.05) is 6.07 Å². The molecule has 1 fully saturated rings. The van der Waals surface area contributed by atoms with Crippen molar-refractivity contribution in [3.63, 3.8) is 0 Å². The summed E-state index contributed by atoms with van der Waals surface area (Å²) in [6, 6.07) is 7.12. The van der Waals surface area contributed by atoms with Crippen LogP contribution in [0.5, 0.6) is 5.75 Å². The van der Waals surface area contributed by atoms with Crippen LogP contribution < -0.4 is 10.6 Å². The molecule has 1 aromatic rings. The summed E-state index contributed by atoms with van der Waals surface area (Å²) in [6.45, 7) is 2.96. The summed E-state index contributed by atoms with van der Waals surface area (Å²) in [6.07, 6.45) is 2.07. The lowest BCUT2D eigenvalue weighted by molar-refractivity contribution is 0.0927. The largest absolute Gasteiger partial charge is 0.508 e. The highest BCUT2D eigenvalue weighted by Crippen LogP contribution is 2.12. The van der Waals surface area contributed by atoms with Gasteiger partial charge in [0.2, 0.25) is 0 Å². The highest BCUT2D eigenvalue weighted by Gasteiger charge is 2.19. The number of benzene rings is 1. The van der Waals surface area contributed by atoms with E-state index in [9.17, 15) is 9.90 Å². The Bertz CT molecular complexity index is 398. The van der Waals surface area contributed by atoms with Crippen LogP contribution in [-0.2, 0) is 0 Å². The van der Waals surface area contributed by atoms with E-state index in [0.29, 0.717) is 11.6 Å². The Hall–Kier alpha value is -1.55. The summed E-state index contributed by atoms with van der Waals surface area (Å²) in [5.41, 5.74) is 0.503. The van der Waals surface area contributed by atoms with E-state index in [4.69, 9.17) is 0 Å². The van der Waals surface area contributed by atoms with Gasteiger partial charge in [0.1, 0.15) is 5.75 Å². The van der Waals surface area contributed by atoms with E-state index in [1.807, 2.05) is 0 Å². The molecule has 0 saturated carbocycles. The summed E-state index contributed by atoms with van der Waals surface area (Å²) in [7, 11) is 0. The number of piperidine rings is 1. The molecule has 92 valence electrons. The first-order chi connectivity index (χ1) is 8.15. The zero-order chi connectivity index (χ0) is 12.3. The van der Waals surface area contributed by atoms with Gasteiger partial charge in [0, 0.05) is 24.2 Å². The van der Waals surface area contributed by atoms with Gasteiger partial charge in [-0.25, -0.2) is 0 Å². The van der Waals surface area contributed by atoms with Crippen molar-refractivity contribution in [3.05, 3.63) is 29.8 Å². The number of rotatable bonds is 2.